The summed E-state index contributed by atoms with van der Waals surface area (Å²) in [4.78, 5) is 6.66. The van der Waals surface area contributed by atoms with E-state index < -0.39 is 0 Å². The molecule has 0 bridgehead atoms. The predicted octanol–water partition coefficient (Wildman–Crippen LogP) is 3.35. The Hall–Kier alpha value is -2.02. The molecule has 4 heteroatoms. The summed E-state index contributed by atoms with van der Waals surface area (Å²) in [6.45, 7) is 4.75. The third-order valence-electron chi connectivity index (χ3n) is 3.66. The summed E-state index contributed by atoms with van der Waals surface area (Å²) in [6, 6.07) is 10.6. The van der Waals surface area contributed by atoms with Crippen LogP contribution in [0.1, 0.15) is 38.2 Å². The minimum atomic E-state index is -0.138. The van der Waals surface area contributed by atoms with Gasteiger partial charge in [-0.25, -0.2) is 4.99 Å². The molecular weight excluding hydrogens is 262 g/mol. The Morgan fingerprint density at radius 1 is 1.33 bits per heavy atom. The van der Waals surface area contributed by atoms with E-state index in [0.717, 1.165) is 17.1 Å². The van der Waals surface area contributed by atoms with Gasteiger partial charge < -0.3 is 9.64 Å². The molecular formula is C17H23N3O. The molecule has 0 N–H and O–H groups in total. The Bertz CT molecular complexity index is 552. The van der Waals surface area contributed by atoms with Gasteiger partial charge in [0.1, 0.15) is 6.61 Å². The summed E-state index contributed by atoms with van der Waals surface area (Å²) < 4.78 is 5.66. The zero-order valence-corrected chi connectivity index (χ0v) is 13.3. The second-order valence-corrected chi connectivity index (χ2v) is 6.36. The molecule has 0 amide bonds. The number of benzene rings is 1. The van der Waals surface area contributed by atoms with Gasteiger partial charge >= 0.3 is 0 Å². The van der Waals surface area contributed by atoms with E-state index in [4.69, 9.17) is 10.00 Å². The van der Waals surface area contributed by atoms with Gasteiger partial charge in [0, 0.05) is 38.5 Å². The molecule has 1 aliphatic rings. The summed E-state index contributed by atoms with van der Waals surface area (Å²) >= 11 is 0. The van der Waals surface area contributed by atoms with Crippen molar-refractivity contribution < 1.29 is 4.74 Å². The number of hydrogen-bond donors (Lipinski definition) is 0. The van der Waals surface area contributed by atoms with Crippen molar-refractivity contribution in [1.29, 1.82) is 5.26 Å². The minimum Gasteiger partial charge on any atom is -0.478 e. The van der Waals surface area contributed by atoms with E-state index in [1.807, 2.05) is 14.1 Å². The molecule has 112 valence electrons. The van der Waals surface area contributed by atoms with Crippen molar-refractivity contribution in [2.24, 2.45) is 4.99 Å². The van der Waals surface area contributed by atoms with Gasteiger partial charge in [0.05, 0.1) is 11.6 Å². The highest BCUT2D eigenvalue weighted by Gasteiger charge is 2.28. The van der Waals surface area contributed by atoms with Crippen molar-refractivity contribution in [3.63, 3.8) is 0 Å². The number of hydrogen-bond acceptors (Lipinski definition) is 4. The molecule has 2 rings (SSSR count). The van der Waals surface area contributed by atoms with Crippen LogP contribution >= 0.6 is 0 Å². The van der Waals surface area contributed by atoms with Crippen LogP contribution < -0.4 is 4.90 Å². The zero-order valence-electron chi connectivity index (χ0n) is 13.3. The second-order valence-electron chi connectivity index (χ2n) is 6.36. The molecule has 1 aromatic carbocycles. The Labute approximate surface area is 127 Å². The Kier molecular flexibility index (Phi) is 4.52. The average Bonchev–Trinajstić information content (AvgIpc) is 2.77. The molecule has 1 aromatic rings. The molecule has 0 saturated carbocycles. The van der Waals surface area contributed by atoms with E-state index in [-0.39, 0.29) is 11.5 Å². The fourth-order valence-electron chi connectivity index (χ4n) is 2.44. The molecule has 0 aromatic heterocycles. The largest absolute Gasteiger partial charge is 0.478 e. The Balaban J connectivity index is 2.14. The minimum absolute atomic E-state index is 0.138. The van der Waals surface area contributed by atoms with E-state index in [1.165, 1.54) is 0 Å². The molecule has 0 spiro atoms. The van der Waals surface area contributed by atoms with E-state index in [1.54, 1.807) is 0 Å². The molecule has 0 radical (unpaired) electrons. The number of nitriles is 1. The molecule has 0 aliphatic carbocycles. The number of nitrogens with zero attached hydrogens (tertiary/aromatic N) is 3. The highest BCUT2D eigenvalue weighted by atomic mass is 16.5. The summed E-state index contributed by atoms with van der Waals surface area (Å²) in [6.07, 6.45) is 1.17. The lowest BCUT2D eigenvalue weighted by Gasteiger charge is -2.17. The normalized spacial score (nSPS) is 17.6. The lowest BCUT2D eigenvalue weighted by atomic mass is 9.92. The van der Waals surface area contributed by atoms with E-state index >= 15 is 0 Å². The second kappa shape index (κ2) is 6.17. The lowest BCUT2D eigenvalue weighted by Crippen LogP contribution is -2.17. The van der Waals surface area contributed by atoms with Gasteiger partial charge in [-0.15, -0.1) is 0 Å². The molecule has 0 saturated heterocycles. The number of aliphatic imine (C=N–C) groups is 1. The third-order valence-corrected chi connectivity index (χ3v) is 3.66. The summed E-state index contributed by atoms with van der Waals surface area (Å²) in [5, 5.41) is 9.08. The standard InChI is InChI=1S/C17H23N3O/c1-17(2)12-21-16(19-17)11-14(9-10-18)13-5-7-15(8-6-13)20(3)4/h5-8,14H,9,11-12H2,1-4H3. The SMILES string of the molecule is CN(C)c1ccc(C(CC#N)CC2=NC(C)(C)CO2)cc1. The van der Waals surface area contributed by atoms with Crippen LogP contribution in [0.5, 0.6) is 0 Å². The first-order chi connectivity index (χ1) is 9.91. The van der Waals surface area contributed by atoms with Crippen molar-refractivity contribution >= 4 is 11.6 Å². The van der Waals surface area contributed by atoms with Crippen LogP contribution in [0.4, 0.5) is 5.69 Å². The molecule has 21 heavy (non-hydrogen) atoms. The summed E-state index contributed by atoms with van der Waals surface area (Å²) in [7, 11) is 4.04. The van der Waals surface area contributed by atoms with Crippen LogP contribution in [0.15, 0.2) is 29.3 Å². The maximum Gasteiger partial charge on any atom is 0.184 e. The van der Waals surface area contributed by atoms with Gasteiger partial charge in [-0.1, -0.05) is 12.1 Å². The van der Waals surface area contributed by atoms with Crippen LogP contribution in [0.25, 0.3) is 0 Å². The average molecular weight is 285 g/mol. The quantitative estimate of drug-likeness (QED) is 0.833. The molecule has 1 unspecified atom stereocenters. The van der Waals surface area contributed by atoms with Crippen LogP contribution in [0, 0.1) is 11.3 Å². The third kappa shape index (κ3) is 3.98. The molecule has 1 atom stereocenters. The molecule has 1 heterocycles. The fourth-order valence-corrected chi connectivity index (χ4v) is 2.44. The summed E-state index contributed by atoms with van der Waals surface area (Å²) in [5.74, 6) is 0.913. The van der Waals surface area contributed by atoms with Gasteiger partial charge in [0.25, 0.3) is 0 Å². The maximum absolute atomic E-state index is 9.08. The van der Waals surface area contributed by atoms with Gasteiger partial charge in [0.2, 0.25) is 0 Å². The van der Waals surface area contributed by atoms with Crippen molar-refractivity contribution in [2.45, 2.75) is 38.1 Å². The van der Waals surface area contributed by atoms with Crippen molar-refractivity contribution in [3.8, 4) is 6.07 Å². The fraction of sp³-hybridized carbons (Fsp3) is 0.529. The Morgan fingerprint density at radius 2 is 2.00 bits per heavy atom. The monoisotopic (exact) mass is 285 g/mol. The van der Waals surface area contributed by atoms with Crippen molar-refractivity contribution in [1.82, 2.24) is 0 Å². The first-order valence-electron chi connectivity index (χ1n) is 7.27. The highest BCUT2D eigenvalue weighted by molar-refractivity contribution is 5.79. The smallest absolute Gasteiger partial charge is 0.184 e. The Morgan fingerprint density at radius 3 is 2.48 bits per heavy atom. The van der Waals surface area contributed by atoms with Gasteiger partial charge in [-0.2, -0.15) is 5.26 Å². The first-order valence-corrected chi connectivity index (χ1v) is 7.27. The van der Waals surface area contributed by atoms with Crippen LogP contribution in [-0.4, -0.2) is 32.1 Å². The van der Waals surface area contributed by atoms with Gasteiger partial charge in [0.15, 0.2) is 5.90 Å². The van der Waals surface area contributed by atoms with Gasteiger partial charge in [-0.3, -0.25) is 0 Å². The van der Waals surface area contributed by atoms with Crippen molar-refractivity contribution in [3.05, 3.63) is 29.8 Å². The first kappa shape index (κ1) is 15.4. The van der Waals surface area contributed by atoms with E-state index in [9.17, 15) is 0 Å². The number of rotatable bonds is 5. The highest BCUT2D eigenvalue weighted by Crippen LogP contribution is 2.29. The zero-order chi connectivity index (χ0) is 15.5. The topological polar surface area (TPSA) is 48.6 Å². The van der Waals surface area contributed by atoms with Crippen LogP contribution in [-0.2, 0) is 4.74 Å². The number of anilines is 1. The van der Waals surface area contributed by atoms with Crippen LogP contribution in [0.3, 0.4) is 0 Å². The molecule has 1 aliphatic heterocycles. The van der Waals surface area contributed by atoms with Crippen LogP contribution in [0.2, 0.25) is 0 Å². The summed E-state index contributed by atoms with van der Waals surface area (Å²) in [5.41, 5.74) is 2.18. The van der Waals surface area contributed by atoms with E-state index in [0.29, 0.717) is 19.4 Å². The predicted molar refractivity (Wildman–Crippen MR) is 85.8 cm³/mol. The van der Waals surface area contributed by atoms with E-state index in [2.05, 4.69) is 54.1 Å². The number of ether oxygens (including phenoxy) is 1. The molecule has 4 nitrogen and oxygen atoms in total. The maximum atomic E-state index is 9.08. The van der Waals surface area contributed by atoms with Gasteiger partial charge in [-0.05, 0) is 31.5 Å². The molecule has 0 fully saturated rings. The van der Waals surface area contributed by atoms with Crippen molar-refractivity contribution in [2.75, 3.05) is 25.6 Å². The lowest BCUT2D eigenvalue weighted by molar-refractivity contribution is 0.272.